The Morgan fingerprint density at radius 2 is 1.89 bits per heavy atom. The monoisotopic (exact) mass is 601 g/mol. The first-order chi connectivity index (χ1) is 8.65. The standard InChI is InChI=1S/C11H10I3NO4/c1-11(19,10(17)18)4-15-9(16)6-2-5(12)3-7(13)8(6)14/h2-3,19H,4H2,1H3,(H,15,16)(H,17,18). The smallest absolute Gasteiger partial charge is 0.337 e. The molecule has 1 atom stereocenters. The average molecular weight is 601 g/mol. The maximum Gasteiger partial charge on any atom is 0.337 e. The highest BCUT2D eigenvalue weighted by molar-refractivity contribution is 14.1. The summed E-state index contributed by atoms with van der Waals surface area (Å²) in [5.74, 6) is -1.78. The van der Waals surface area contributed by atoms with E-state index in [1.54, 1.807) is 6.07 Å². The lowest BCUT2D eigenvalue weighted by atomic mass is 10.1. The van der Waals surface area contributed by atoms with E-state index in [1.165, 1.54) is 0 Å². The van der Waals surface area contributed by atoms with Crippen molar-refractivity contribution >= 4 is 79.6 Å². The van der Waals surface area contributed by atoms with Crippen LogP contribution in [0.1, 0.15) is 17.3 Å². The van der Waals surface area contributed by atoms with Gasteiger partial charge in [-0.05, 0) is 86.8 Å². The van der Waals surface area contributed by atoms with Crippen LogP contribution in [-0.2, 0) is 4.79 Å². The van der Waals surface area contributed by atoms with Gasteiger partial charge in [0.15, 0.2) is 5.60 Å². The van der Waals surface area contributed by atoms with E-state index in [0.29, 0.717) is 5.56 Å². The zero-order chi connectivity index (χ0) is 14.8. The molecular weight excluding hydrogens is 591 g/mol. The largest absolute Gasteiger partial charge is 0.479 e. The average Bonchev–Trinajstić information content (AvgIpc) is 2.30. The number of benzene rings is 1. The van der Waals surface area contributed by atoms with Gasteiger partial charge in [0.2, 0.25) is 0 Å². The summed E-state index contributed by atoms with van der Waals surface area (Å²) in [6, 6.07) is 3.66. The van der Waals surface area contributed by atoms with Gasteiger partial charge in [0, 0.05) is 10.7 Å². The normalized spacial score (nSPS) is 13.7. The van der Waals surface area contributed by atoms with Crippen LogP contribution in [0.4, 0.5) is 0 Å². The minimum absolute atomic E-state index is 0.348. The molecule has 1 unspecified atom stereocenters. The molecule has 0 aromatic heterocycles. The van der Waals surface area contributed by atoms with Crippen LogP contribution in [0.5, 0.6) is 0 Å². The SMILES string of the molecule is CC(O)(CNC(=O)c1cc(I)cc(I)c1I)C(=O)O. The molecule has 8 heteroatoms. The number of hydrogen-bond acceptors (Lipinski definition) is 3. The first kappa shape index (κ1) is 17.4. The summed E-state index contributed by atoms with van der Waals surface area (Å²) >= 11 is 6.29. The van der Waals surface area contributed by atoms with Crippen LogP contribution in [0, 0.1) is 10.7 Å². The fourth-order valence-electron chi connectivity index (χ4n) is 1.14. The zero-order valence-corrected chi connectivity index (χ0v) is 16.2. The van der Waals surface area contributed by atoms with Crippen LogP contribution in [0.2, 0.25) is 0 Å². The summed E-state index contributed by atoms with van der Waals surface area (Å²) in [5, 5.41) is 20.7. The van der Waals surface area contributed by atoms with Crippen molar-refractivity contribution in [3.8, 4) is 0 Å². The van der Waals surface area contributed by atoms with Crippen molar-refractivity contribution in [2.75, 3.05) is 6.54 Å². The van der Waals surface area contributed by atoms with Gasteiger partial charge in [0.25, 0.3) is 5.91 Å². The highest BCUT2D eigenvalue weighted by atomic mass is 127. The number of aliphatic carboxylic acids is 1. The summed E-state index contributed by atoms with van der Waals surface area (Å²) < 4.78 is 2.66. The van der Waals surface area contributed by atoms with E-state index in [0.717, 1.165) is 17.6 Å². The molecule has 0 saturated carbocycles. The topological polar surface area (TPSA) is 86.6 Å². The maximum absolute atomic E-state index is 12.0. The molecule has 1 rings (SSSR count). The van der Waals surface area contributed by atoms with Gasteiger partial charge in [-0.2, -0.15) is 0 Å². The molecule has 0 aliphatic heterocycles. The minimum atomic E-state index is -1.98. The van der Waals surface area contributed by atoms with Crippen LogP contribution in [0.3, 0.4) is 0 Å². The molecular formula is C11H10I3NO4. The second kappa shape index (κ2) is 6.85. The molecule has 104 valence electrons. The van der Waals surface area contributed by atoms with Gasteiger partial charge in [-0.25, -0.2) is 4.79 Å². The van der Waals surface area contributed by atoms with Gasteiger partial charge < -0.3 is 15.5 Å². The first-order valence-corrected chi connectivity index (χ1v) is 8.27. The van der Waals surface area contributed by atoms with E-state index in [1.807, 2.05) is 6.07 Å². The number of aliphatic hydroxyl groups is 1. The van der Waals surface area contributed by atoms with Crippen LogP contribution < -0.4 is 5.32 Å². The third kappa shape index (κ3) is 4.67. The van der Waals surface area contributed by atoms with Crippen LogP contribution in [0.15, 0.2) is 12.1 Å². The van der Waals surface area contributed by atoms with E-state index in [4.69, 9.17) is 5.11 Å². The molecule has 5 nitrogen and oxygen atoms in total. The Labute approximate surface area is 151 Å². The third-order valence-corrected chi connectivity index (χ3v) is 5.96. The number of rotatable bonds is 4. The predicted molar refractivity (Wildman–Crippen MR) is 95.2 cm³/mol. The summed E-state index contributed by atoms with van der Waals surface area (Å²) in [7, 11) is 0. The van der Waals surface area contributed by atoms with Crippen LogP contribution >= 0.6 is 67.8 Å². The molecule has 19 heavy (non-hydrogen) atoms. The highest BCUT2D eigenvalue weighted by Gasteiger charge is 2.30. The number of carboxylic acids is 1. The summed E-state index contributed by atoms with van der Waals surface area (Å²) in [5.41, 5.74) is -1.51. The quantitative estimate of drug-likeness (QED) is 0.365. The number of carbonyl (C=O) groups is 2. The van der Waals surface area contributed by atoms with Crippen LogP contribution in [-0.4, -0.2) is 34.2 Å². The van der Waals surface area contributed by atoms with Gasteiger partial charge in [-0.15, -0.1) is 0 Å². The Balaban J connectivity index is 2.88. The number of nitrogens with one attached hydrogen (secondary N) is 1. The highest BCUT2D eigenvalue weighted by Crippen LogP contribution is 2.22. The Morgan fingerprint density at radius 3 is 2.42 bits per heavy atom. The van der Waals surface area contributed by atoms with Crippen molar-refractivity contribution in [1.82, 2.24) is 5.32 Å². The molecule has 0 aliphatic carbocycles. The molecule has 3 N–H and O–H groups in total. The fourth-order valence-corrected chi connectivity index (χ4v) is 3.55. The zero-order valence-electron chi connectivity index (χ0n) is 9.71. The molecule has 0 bridgehead atoms. The first-order valence-electron chi connectivity index (χ1n) is 5.03. The van der Waals surface area contributed by atoms with E-state index < -0.39 is 17.5 Å². The Kier molecular flexibility index (Phi) is 6.26. The number of hydrogen-bond donors (Lipinski definition) is 3. The second-order valence-electron chi connectivity index (χ2n) is 4.01. The number of carboxylic acid groups (broad SMARTS) is 1. The maximum atomic E-state index is 12.0. The number of carbonyl (C=O) groups excluding carboxylic acids is 1. The van der Waals surface area contributed by atoms with Gasteiger partial charge in [-0.3, -0.25) is 4.79 Å². The molecule has 0 fully saturated rings. The molecule has 0 radical (unpaired) electrons. The summed E-state index contributed by atoms with van der Waals surface area (Å²) in [6.45, 7) is 0.790. The lowest BCUT2D eigenvalue weighted by molar-refractivity contribution is -0.155. The van der Waals surface area contributed by atoms with Crippen molar-refractivity contribution in [1.29, 1.82) is 0 Å². The molecule has 0 saturated heterocycles. The van der Waals surface area contributed by atoms with Crippen molar-refractivity contribution < 1.29 is 19.8 Å². The molecule has 0 spiro atoms. The lowest BCUT2D eigenvalue weighted by Crippen LogP contribution is -2.46. The third-order valence-electron chi connectivity index (χ3n) is 2.29. The predicted octanol–water partition coefficient (Wildman–Crippen LogP) is 2.07. The Morgan fingerprint density at radius 1 is 1.32 bits per heavy atom. The minimum Gasteiger partial charge on any atom is -0.479 e. The van der Waals surface area contributed by atoms with Crippen molar-refractivity contribution in [3.63, 3.8) is 0 Å². The number of amides is 1. The number of halogens is 3. The Bertz CT molecular complexity index is 531. The van der Waals surface area contributed by atoms with Crippen LogP contribution in [0.25, 0.3) is 0 Å². The molecule has 1 amide bonds. The van der Waals surface area contributed by atoms with E-state index >= 15 is 0 Å². The van der Waals surface area contributed by atoms with Gasteiger partial charge in [0.05, 0.1) is 12.1 Å². The molecule has 1 aromatic rings. The van der Waals surface area contributed by atoms with E-state index in [2.05, 4.69) is 73.1 Å². The van der Waals surface area contributed by atoms with Crippen molar-refractivity contribution in [2.24, 2.45) is 0 Å². The van der Waals surface area contributed by atoms with E-state index in [-0.39, 0.29) is 6.54 Å². The molecule has 0 aliphatic rings. The van der Waals surface area contributed by atoms with E-state index in [9.17, 15) is 14.7 Å². The van der Waals surface area contributed by atoms with Crippen molar-refractivity contribution in [2.45, 2.75) is 12.5 Å². The summed E-state index contributed by atoms with van der Waals surface area (Å²) in [4.78, 5) is 22.8. The summed E-state index contributed by atoms with van der Waals surface area (Å²) in [6.07, 6.45) is 0. The lowest BCUT2D eigenvalue weighted by Gasteiger charge is -2.18. The van der Waals surface area contributed by atoms with Crippen molar-refractivity contribution in [3.05, 3.63) is 28.4 Å². The molecule has 0 heterocycles. The van der Waals surface area contributed by atoms with Gasteiger partial charge in [-0.1, -0.05) is 0 Å². The molecule has 1 aromatic carbocycles. The second-order valence-corrected chi connectivity index (χ2v) is 7.50. The van der Waals surface area contributed by atoms with Gasteiger partial charge >= 0.3 is 5.97 Å². The van der Waals surface area contributed by atoms with Gasteiger partial charge in [0.1, 0.15) is 0 Å². The Hall–Kier alpha value is 0.310. The fraction of sp³-hybridized carbons (Fsp3) is 0.273.